The number of hydrazone groups is 1. The average Bonchev–Trinajstić information content (AvgIpc) is 2.66. The molecule has 132 valence electrons. The maximum absolute atomic E-state index is 12.0. The van der Waals surface area contributed by atoms with E-state index in [0.29, 0.717) is 11.5 Å². The molecule has 0 aliphatic heterocycles. The molecule has 3 rings (SSSR count). The molecule has 0 atom stereocenters. The molecule has 0 heterocycles. The van der Waals surface area contributed by atoms with Crippen molar-refractivity contribution in [1.82, 2.24) is 5.43 Å². The van der Waals surface area contributed by atoms with Crippen molar-refractivity contribution in [3.63, 3.8) is 0 Å². The average molecular weight is 413 g/mol. The third kappa shape index (κ3) is 4.21. The van der Waals surface area contributed by atoms with Gasteiger partial charge in [-0.25, -0.2) is 5.43 Å². The largest absolute Gasteiger partial charge is 0.508 e. The van der Waals surface area contributed by atoms with Gasteiger partial charge in [0.1, 0.15) is 11.5 Å². The summed E-state index contributed by atoms with van der Waals surface area (Å²) in [5.41, 5.74) is 3.91. The van der Waals surface area contributed by atoms with Crippen LogP contribution in [0.25, 0.3) is 10.8 Å². The molecular weight excluding hydrogens is 396 g/mol. The number of aromatic hydroxyl groups is 1. The molecule has 0 radical (unpaired) electrons. The van der Waals surface area contributed by atoms with Crippen molar-refractivity contribution in [2.24, 2.45) is 5.10 Å². The molecule has 1 amide bonds. The summed E-state index contributed by atoms with van der Waals surface area (Å²) in [5.74, 6) is 0.418. The van der Waals surface area contributed by atoms with Gasteiger partial charge < -0.3 is 9.84 Å². The van der Waals surface area contributed by atoms with E-state index in [1.54, 1.807) is 31.2 Å². The molecule has 0 saturated carbocycles. The molecule has 0 fully saturated rings. The second-order valence-electron chi connectivity index (χ2n) is 5.67. The molecule has 0 aliphatic rings. The van der Waals surface area contributed by atoms with Crippen LogP contribution in [0.3, 0.4) is 0 Å². The first-order valence-electron chi connectivity index (χ1n) is 7.97. The number of fused-ring (bicyclic) bond motifs is 1. The molecular formula is C20H17BrN2O3. The molecule has 0 unspecified atom stereocenters. The summed E-state index contributed by atoms with van der Waals surface area (Å²) < 4.78 is 6.41. The van der Waals surface area contributed by atoms with Crippen LogP contribution in [0.1, 0.15) is 12.5 Å². The lowest BCUT2D eigenvalue weighted by Gasteiger charge is -2.10. The number of rotatable bonds is 5. The lowest BCUT2D eigenvalue weighted by molar-refractivity contribution is -0.123. The van der Waals surface area contributed by atoms with Gasteiger partial charge in [0.2, 0.25) is 0 Å². The van der Waals surface area contributed by atoms with E-state index in [0.717, 1.165) is 20.8 Å². The zero-order chi connectivity index (χ0) is 18.5. The molecule has 0 saturated heterocycles. The van der Waals surface area contributed by atoms with Crippen molar-refractivity contribution >= 4 is 38.3 Å². The number of hydrogen-bond donors (Lipinski definition) is 2. The second-order valence-corrected chi connectivity index (χ2v) is 6.46. The van der Waals surface area contributed by atoms with Crippen molar-refractivity contribution < 1.29 is 14.6 Å². The van der Waals surface area contributed by atoms with Gasteiger partial charge in [-0.15, -0.1) is 0 Å². The highest BCUT2D eigenvalue weighted by atomic mass is 79.9. The zero-order valence-electron chi connectivity index (χ0n) is 14.1. The number of nitrogens with zero attached hydrogens (tertiary/aromatic N) is 1. The molecule has 0 bridgehead atoms. The van der Waals surface area contributed by atoms with E-state index in [9.17, 15) is 9.90 Å². The maximum atomic E-state index is 12.0. The number of hydrogen-bond acceptors (Lipinski definition) is 4. The Labute approximate surface area is 159 Å². The van der Waals surface area contributed by atoms with Gasteiger partial charge in [0.05, 0.1) is 10.2 Å². The van der Waals surface area contributed by atoms with Crippen molar-refractivity contribution in [2.45, 2.75) is 6.92 Å². The van der Waals surface area contributed by atoms with Crippen LogP contribution in [0, 0.1) is 0 Å². The lowest BCUT2D eigenvalue weighted by Crippen LogP contribution is -2.25. The van der Waals surface area contributed by atoms with Gasteiger partial charge in [0.25, 0.3) is 5.91 Å². The smallest absolute Gasteiger partial charge is 0.277 e. The summed E-state index contributed by atoms with van der Waals surface area (Å²) in [6.45, 7) is 1.62. The topological polar surface area (TPSA) is 70.9 Å². The summed E-state index contributed by atoms with van der Waals surface area (Å²) in [6, 6.07) is 18.3. The van der Waals surface area contributed by atoms with Gasteiger partial charge >= 0.3 is 0 Å². The molecule has 3 aromatic rings. The van der Waals surface area contributed by atoms with Crippen LogP contribution in [0.4, 0.5) is 0 Å². The maximum Gasteiger partial charge on any atom is 0.277 e. The Morgan fingerprint density at radius 1 is 1.12 bits per heavy atom. The SMILES string of the molecule is C/C(=N\NC(=O)COc1ccc2ccccc2c1Br)c1ccc(O)cc1. The summed E-state index contributed by atoms with van der Waals surface area (Å²) >= 11 is 3.53. The van der Waals surface area contributed by atoms with Gasteiger partial charge in [-0.1, -0.05) is 30.3 Å². The van der Waals surface area contributed by atoms with Crippen LogP contribution in [-0.4, -0.2) is 23.3 Å². The van der Waals surface area contributed by atoms with Crippen LogP contribution in [0.15, 0.2) is 70.2 Å². The van der Waals surface area contributed by atoms with Crippen molar-refractivity contribution in [1.29, 1.82) is 0 Å². The van der Waals surface area contributed by atoms with Crippen LogP contribution >= 0.6 is 15.9 Å². The molecule has 5 nitrogen and oxygen atoms in total. The van der Waals surface area contributed by atoms with Crippen molar-refractivity contribution in [3.05, 3.63) is 70.7 Å². The van der Waals surface area contributed by atoms with E-state index in [2.05, 4.69) is 26.5 Å². The molecule has 2 N–H and O–H groups in total. The first-order chi connectivity index (χ1) is 12.5. The highest BCUT2D eigenvalue weighted by Crippen LogP contribution is 2.32. The number of ether oxygens (including phenoxy) is 1. The van der Waals surface area contributed by atoms with E-state index < -0.39 is 0 Å². The molecule has 0 aromatic heterocycles. The fourth-order valence-electron chi connectivity index (χ4n) is 2.41. The van der Waals surface area contributed by atoms with Crippen LogP contribution in [0.2, 0.25) is 0 Å². The summed E-state index contributed by atoms with van der Waals surface area (Å²) in [5, 5.41) is 15.5. The Morgan fingerprint density at radius 3 is 2.62 bits per heavy atom. The van der Waals surface area contributed by atoms with E-state index >= 15 is 0 Å². The number of phenolic OH excluding ortho intramolecular Hbond substituents is 1. The minimum atomic E-state index is -0.358. The third-order valence-electron chi connectivity index (χ3n) is 3.82. The highest BCUT2D eigenvalue weighted by Gasteiger charge is 2.08. The van der Waals surface area contributed by atoms with E-state index in [1.165, 1.54) is 0 Å². The van der Waals surface area contributed by atoms with Gasteiger partial charge in [0.15, 0.2) is 6.61 Å². The molecule has 0 spiro atoms. The molecule has 26 heavy (non-hydrogen) atoms. The fraction of sp³-hybridized carbons (Fsp3) is 0.100. The highest BCUT2D eigenvalue weighted by molar-refractivity contribution is 9.10. The standard InChI is InChI=1S/C20H17BrN2O3/c1-13(14-6-9-16(24)10-7-14)22-23-19(25)12-26-18-11-8-15-4-2-3-5-17(15)20(18)21/h2-11,24H,12H2,1H3,(H,23,25)/b22-13+. The van der Waals surface area contributed by atoms with Gasteiger partial charge in [-0.2, -0.15) is 5.10 Å². The molecule has 6 heteroatoms. The summed E-state index contributed by atoms with van der Waals surface area (Å²) in [7, 11) is 0. The Hall–Kier alpha value is -2.86. The Balaban J connectivity index is 1.61. The fourth-order valence-corrected chi connectivity index (χ4v) is 3.02. The first-order valence-corrected chi connectivity index (χ1v) is 8.76. The second kappa shape index (κ2) is 8.01. The number of benzene rings is 3. The minimum Gasteiger partial charge on any atom is -0.508 e. The van der Waals surface area contributed by atoms with E-state index in [1.807, 2.05) is 36.4 Å². The van der Waals surface area contributed by atoms with Gasteiger partial charge in [-0.05, 0) is 69.5 Å². The molecule has 3 aromatic carbocycles. The number of carbonyl (C=O) groups is 1. The van der Waals surface area contributed by atoms with Crippen molar-refractivity contribution in [2.75, 3.05) is 6.61 Å². The Bertz CT molecular complexity index is 968. The number of amides is 1. The van der Waals surface area contributed by atoms with Crippen LogP contribution < -0.4 is 10.2 Å². The van der Waals surface area contributed by atoms with Crippen molar-refractivity contribution in [3.8, 4) is 11.5 Å². The summed E-state index contributed by atoms with van der Waals surface area (Å²) in [6.07, 6.45) is 0. The normalized spacial score (nSPS) is 11.4. The van der Waals surface area contributed by atoms with E-state index in [4.69, 9.17) is 4.74 Å². The number of carbonyl (C=O) groups excluding carboxylic acids is 1. The minimum absolute atomic E-state index is 0.150. The Kier molecular flexibility index (Phi) is 5.53. The van der Waals surface area contributed by atoms with Crippen LogP contribution in [-0.2, 0) is 4.79 Å². The zero-order valence-corrected chi connectivity index (χ0v) is 15.7. The number of nitrogens with one attached hydrogen (secondary N) is 1. The number of phenols is 1. The summed E-state index contributed by atoms with van der Waals surface area (Å²) in [4.78, 5) is 12.0. The monoisotopic (exact) mass is 412 g/mol. The predicted molar refractivity (Wildman–Crippen MR) is 106 cm³/mol. The first kappa shape index (κ1) is 17.9. The molecule has 0 aliphatic carbocycles. The predicted octanol–water partition coefficient (Wildman–Crippen LogP) is 4.23. The lowest BCUT2D eigenvalue weighted by atomic mass is 10.1. The van der Waals surface area contributed by atoms with Gasteiger partial charge in [-0.3, -0.25) is 4.79 Å². The number of halogens is 1. The van der Waals surface area contributed by atoms with E-state index in [-0.39, 0.29) is 18.3 Å². The third-order valence-corrected chi connectivity index (χ3v) is 4.64. The quantitative estimate of drug-likeness (QED) is 0.486. The van der Waals surface area contributed by atoms with Gasteiger partial charge in [0, 0.05) is 0 Å². The Morgan fingerprint density at radius 2 is 1.85 bits per heavy atom. The van der Waals surface area contributed by atoms with Crippen LogP contribution in [0.5, 0.6) is 11.5 Å².